The lowest BCUT2D eigenvalue weighted by molar-refractivity contribution is 0.474. The highest BCUT2D eigenvalue weighted by atomic mass is 127. The molecule has 0 unspecified atom stereocenters. The van der Waals surface area contributed by atoms with Crippen LogP contribution in [0.1, 0.15) is 11.1 Å². The highest BCUT2D eigenvalue weighted by molar-refractivity contribution is 14.0. The van der Waals surface area contributed by atoms with Crippen LogP contribution in [0.5, 0.6) is 5.75 Å². The summed E-state index contributed by atoms with van der Waals surface area (Å²) >= 11 is 0. The zero-order valence-electron chi connectivity index (χ0n) is 11.2. The molecule has 20 heavy (non-hydrogen) atoms. The van der Waals surface area contributed by atoms with E-state index in [4.69, 9.17) is 5.73 Å². The fourth-order valence-corrected chi connectivity index (χ4v) is 1.74. The van der Waals surface area contributed by atoms with Crippen LogP contribution < -0.4 is 11.1 Å². The number of guanidine groups is 1. The summed E-state index contributed by atoms with van der Waals surface area (Å²) in [6.45, 7) is 2.45. The van der Waals surface area contributed by atoms with Gasteiger partial charge >= 0.3 is 0 Å². The molecule has 5 heteroatoms. The molecule has 2 rings (SSSR count). The predicted molar refractivity (Wildman–Crippen MR) is 93.6 cm³/mol. The number of hydrogen-bond donors (Lipinski definition) is 3. The smallest absolute Gasteiger partial charge is 0.193 e. The topological polar surface area (TPSA) is 70.6 Å². The van der Waals surface area contributed by atoms with Crippen LogP contribution >= 0.6 is 24.0 Å². The van der Waals surface area contributed by atoms with Gasteiger partial charge in [0.2, 0.25) is 0 Å². The van der Waals surface area contributed by atoms with Crippen molar-refractivity contribution in [3.8, 4) is 5.75 Å². The van der Waals surface area contributed by atoms with Crippen molar-refractivity contribution < 1.29 is 5.11 Å². The largest absolute Gasteiger partial charge is 0.508 e. The summed E-state index contributed by atoms with van der Waals surface area (Å²) in [5.41, 5.74) is 8.80. The van der Waals surface area contributed by atoms with E-state index in [1.807, 2.05) is 37.3 Å². The van der Waals surface area contributed by atoms with E-state index in [9.17, 15) is 5.11 Å². The standard InChI is InChI=1S/C15H17N3O.HI/c1-11-4-2-6-13(8-11)18-15(16)17-10-12-5-3-7-14(19)9-12;/h2-9,19H,10H2,1H3,(H3,16,17,18);1H. The molecule has 2 aromatic carbocycles. The van der Waals surface area contributed by atoms with Gasteiger partial charge < -0.3 is 16.2 Å². The van der Waals surface area contributed by atoms with Gasteiger partial charge in [0.05, 0.1) is 6.54 Å². The number of aryl methyl sites for hydroxylation is 1. The van der Waals surface area contributed by atoms with E-state index in [2.05, 4.69) is 10.3 Å². The minimum Gasteiger partial charge on any atom is -0.508 e. The van der Waals surface area contributed by atoms with E-state index in [1.54, 1.807) is 18.2 Å². The Balaban J connectivity index is 0.00000200. The molecule has 2 aromatic rings. The van der Waals surface area contributed by atoms with Crippen molar-refractivity contribution in [2.45, 2.75) is 13.5 Å². The van der Waals surface area contributed by atoms with Gasteiger partial charge in [0, 0.05) is 5.69 Å². The first-order valence-electron chi connectivity index (χ1n) is 6.05. The van der Waals surface area contributed by atoms with Gasteiger partial charge in [-0.1, -0.05) is 24.3 Å². The molecule has 4 N–H and O–H groups in total. The van der Waals surface area contributed by atoms with E-state index >= 15 is 0 Å². The number of aromatic hydroxyl groups is 1. The third kappa shape index (κ3) is 5.08. The molecule has 0 bridgehead atoms. The zero-order chi connectivity index (χ0) is 13.7. The van der Waals surface area contributed by atoms with Crippen molar-refractivity contribution >= 4 is 35.6 Å². The average molecular weight is 383 g/mol. The summed E-state index contributed by atoms with van der Waals surface area (Å²) in [6, 6.07) is 14.9. The van der Waals surface area contributed by atoms with E-state index in [1.165, 1.54) is 0 Å². The van der Waals surface area contributed by atoms with Crippen molar-refractivity contribution in [1.82, 2.24) is 0 Å². The predicted octanol–water partition coefficient (Wildman–Crippen LogP) is 3.25. The minimum atomic E-state index is 0. The molecule has 0 fully saturated rings. The number of nitrogens with two attached hydrogens (primary N) is 1. The molecular weight excluding hydrogens is 365 g/mol. The van der Waals surface area contributed by atoms with Crippen LogP contribution in [0.2, 0.25) is 0 Å². The molecule has 0 aromatic heterocycles. The summed E-state index contributed by atoms with van der Waals surface area (Å²) < 4.78 is 0. The number of rotatable bonds is 3. The monoisotopic (exact) mass is 383 g/mol. The van der Waals surface area contributed by atoms with Gasteiger partial charge in [-0.2, -0.15) is 0 Å². The number of aliphatic imine (C=N–C) groups is 1. The Labute approximate surface area is 135 Å². The quantitative estimate of drug-likeness (QED) is 0.433. The van der Waals surface area contributed by atoms with Gasteiger partial charge in [0.25, 0.3) is 0 Å². The summed E-state index contributed by atoms with van der Waals surface area (Å²) in [4.78, 5) is 4.23. The Morgan fingerprint density at radius 2 is 1.95 bits per heavy atom. The molecule has 0 heterocycles. The average Bonchev–Trinajstić information content (AvgIpc) is 2.36. The molecule has 0 radical (unpaired) electrons. The molecule has 0 amide bonds. The molecule has 0 aliphatic rings. The summed E-state index contributed by atoms with van der Waals surface area (Å²) in [6.07, 6.45) is 0. The number of halogens is 1. The van der Waals surface area contributed by atoms with Gasteiger partial charge in [-0.25, -0.2) is 4.99 Å². The number of phenols is 1. The van der Waals surface area contributed by atoms with Gasteiger partial charge in [0.1, 0.15) is 5.75 Å². The Morgan fingerprint density at radius 3 is 2.65 bits per heavy atom. The third-order valence-corrected chi connectivity index (χ3v) is 2.63. The maximum absolute atomic E-state index is 9.35. The van der Waals surface area contributed by atoms with Crippen LogP contribution in [0.4, 0.5) is 5.69 Å². The Bertz CT molecular complexity index is 599. The number of phenolic OH excluding ortho intramolecular Hbond substituents is 1. The summed E-state index contributed by atoms with van der Waals surface area (Å²) in [5.74, 6) is 0.590. The normalized spacial score (nSPS) is 10.8. The van der Waals surface area contributed by atoms with E-state index in [0.717, 1.165) is 16.8 Å². The highest BCUT2D eigenvalue weighted by Gasteiger charge is 1.97. The van der Waals surface area contributed by atoms with Crippen molar-refractivity contribution in [2.75, 3.05) is 5.32 Å². The van der Waals surface area contributed by atoms with Crippen LogP contribution in [-0.4, -0.2) is 11.1 Å². The lowest BCUT2D eigenvalue weighted by atomic mass is 10.2. The Morgan fingerprint density at radius 1 is 1.20 bits per heavy atom. The van der Waals surface area contributed by atoms with Crippen LogP contribution in [0.25, 0.3) is 0 Å². The SMILES string of the molecule is Cc1cccc(NC(N)=NCc2cccc(O)c2)c1.I. The van der Waals surface area contributed by atoms with Crippen molar-refractivity contribution in [1.29, 1.82) is 0 Å². The number of nitrogens with one attached hydrogen (secondary N) is 1. The van der Waals surface area contributed by atoms with Crippen molar-refractivity contribution in [3.05, 3.63) is 59.7 Å². The Hall–Kier alpha value is -1.76. The van der Waals surface area contributed by atoms with Crippen molar-refractivity contribution in [2.24, 2.45) is 10.7 Å². The molecule has 0 aliphatic carbocycles. The lowest BCUT2D eigenvalue weighted by Gasteiger charge is -2.06. The molecule has 0 atom stereocenters. The summed E-state index contributed by atoms with van der Waals surface area (Å²) in [5, 5.41) is 12.4. The highest BCUT2D eigenvalue weighted by Crippen LogP contribution is 2.12. The zero-order valence-corrected chi connectivity index (χ0v) is 13.5. The fourth-order valence-electron chi connectivity index (χ4n) is 1.74. The molecule has 4 nitrogen and oxygen atoms in total. The number of hydrogen-bond acceptors (Lipinski definition) is 2. The first kappa shape index (κ1) is 16.3. The van der Waals surface area contributed by atoms with Gasteiger partial charge in [0.15, 0.2) is 5.96 Å². The molecular formula is C15H18IN3O. The second-order valence-electron chi connectivity index (χ2n) is 4.37. The number of anilines is 1. The molecule has 106 valence electrons. The first-order chi connectivity index (χ1) is 9.13. The van der Waals surface area contributed by atoms with Crippen LogP contribution in [0, 0.1) is 6.92 Å². The van der Waals surface area contributed by atoms with Gasteiger partial charge in [-0.15, -0.1) is 24.0 Å². The minimum absolute atomic E-state index is 0. The van der Waals surface area contributed by atoms with Gasteiger partial charge in [-0.3, -0.25) is 0 Å². The van der Waals surface area contributed by atoms with Gasteiger partial charge in [-0.05, 0) is 42.3 Å². The van der Waals surface area contributed by atoms with Crippen LogP contribution in [0.15, 0.2) is 53.5 Å². The second-order valence-corrected chi connectivity index (χ2v) is 4.37. The van der Waals surface area contributed by atoms with Crippen LogP contribution in [0.3, 0.4) is 0 Å². The Kier molecular flexibility index (Phi) is 6.30. The molecule has 0 spiro atoms. The fraction of sp³-hybridized carbons (Fsp3) is 0.133. The van der Waals surface area contributed by atoms with E-state index in [0.29, 0.717) is 12.5 Å². The van der Waals surface area contributed by atoms with Crippen molar-refractivity contribution in [3.63, 3.8) is 0 Å². The third-order valence-electron chi connectivity index (χ3n) is 2.63. The van der Waals surface area contributed by atoms with E-state index < -0.39 is 0 Å². The molecule has 0 saturated heterocycles. The lowest BCUT2D eigenvalue weighted by Crippen LogP contribution is -2.22. The second kappa shape index (κ2) is 7.74. The maximum Gasteiger partial charge on any atom is 0.193 e. The molecule has 0 aliphatic heterocycles. The van der Waals surface area contributed by atoms with Crippen LogP contribution in [-0.2, 0) is 6.54 Å². The maximum atomic E-state index is 9.35. The summed E-state index contributed by atoms with van der Waals surface area (Å²) in [7, 11) is 0. The van der Waals surface area contributed by atoms with E-state index in [-0.39, 0.29) is 29.7 Å². The number of benzene rings is 2. The number of nitrogens with zero attached hydrogens (tertiary/aromatic N) is 1. The molecule has 0 saturated carbocycles. The first-order valence-corrected chi connectivity index (χ1v) is 6.05.